The largest absolute Gasteiger partial charge is 0.455 e. The Kier molecular flexibility index (Phi) is 11.1. The van der Waals surface area contributed by atoms with Crippen LogP contribution in [0.3, 0.4) is 0 Å². The van der Waals surface area contributed by atoms with Crippen molar-refractivity contribution in [2.24, 2.45) is 0 Å². The average Bonchev–Trinajstić information content (AvgIpc) is 1.78. The number of para-hydroxylation sites is 4. The van der Waals surface area contributed by atoms with Crippen molar-refractivity contribution in [3.05, 3.63) is 360 Å². The summed E-state index contributed by atoms with van der Waals surface area (Å²) in [6.45, 7) is 0. The van der Waals surface area contributed by atoms with Gasteiger partial charge >= 0.3 is 0 Å². The predicted molar refractivity (Wildman–Crippen MR) is 358 cm³/mol. The summed E-state index contributed by atoms with van der Waals surface area (Å²) in [6, 6.07) is 110. The molecule has 0 N–H and O–H groups in total. The molecule has 0 radical (unpaired) electrons. The van der Waals surface area contributed by atoms with Gasteiger partial charge in [0, 0.05) is 45.1 Å². The molecule has 0 fully saturated rings. The maximum Gasteiger partial charge on any atom is 0.143 e. The fourth-order valence-corrected chi connectivity index (χ4v) is 15.1. The van der Waals surface area contributed by atoms with Crippen molar-refractivity contribution in [1.29, 1.82) is 0 Å². The quantitative estimate of drug-likeness (QED) is 0.145. The smallest absolute Gasteiger partial charge is 0.143 e. The van der Waals surface area contributed by atoms with Crippen LogP contribution in [0, 0.1) is 0 Å². The zero-order valence-corrected chi connectivity index (χ0v) is 47.7. The Hall–Kier alpha value is -11.5. The zero-order chi connectivity index (χ0) is 57.9. The first-order chi connectivity index (χ1) is 43.6. The van der Waals surface area contributed by atoms with Crippen molar-refractivity contribution in [3.63, 3.8) is 0 Å². The van der Waals surface area contributed by atoms with E-state index in [0.717, 1.165) is 99.8 Å². The van der Waals surface area contributed by atoms with E-state index in [1.54, 1.807) is 0 Å². The van der Waals surface area contributed by atoms with E-state index in [-0.39, 0.29) is 0 Å². The second-order valence-corrected chi connectivity index (χ2v) is 23.4. The van der Waals surface area contributed by atoms with Gasteiger partial charge in [-0.3, -0.25) is 9.97 Å². The van der Waals surface area contributed by atoms with Crippen LogP contribution in [0.2, 0.25) is 0 Å². The fourth-order valence-electron chi connectivity index (χ4n) is 15.1. The van der Waals surface area contributed by atoms with E-state index in [2.05, 4.69) is 291 Å². The van der Waals surface area contributed by atoms with Gasteiger partial charge in [-0.25, -0.2) is 0 Å². The lowest BCUT2D eigenvalue weighted by Gasteiger charge is -2.34. The first-order valence-corrected chi connectivity index (χ1v) is 30.2. The summed E-state index contributed by atoms with van der Waals surface area (Å²) in [6.07, 6.45) is 3.85. The van der Waals surface area contributed by atoms with Gasteiger partial charge in [-0.2, -0.15) is 0 Å². The van der Waals surface area contributed by atoms with E-state index in [4.69, 9.17) is 18.8 Å². The number of benzene rings is 12. The molecule has 4 nitrogen and oxygen atoms in total. The first-order valence-electron chi connectivity index (χ1n) is 30.2. The van der Waals surface area contributed by atoms with Crippen LogP contribution in [0.5, 0.6) is 0 Å². The Morgan fingerprint density at radius 2 is 0.534 bits per heavy atom. The zero-order valence-electron chi connectivity index (χ0n) is 47.7. The maximum absolute atomic E-state index is 6.65. The third-order valence-electron chi connectivity index (χ3n) is 19.0. The van der Waals surface area contributed by atoms with E-state index in [1.165, 1.54) is 66.8 Å². The summed E-state index contributed by atoms with van der Waals surface area (Å²) in [7, 11) is 0. The summed E-state index contributed by atoms with van der Waals surface area (Å²) in [5.74, 6) is 0. The van der Waals surface area contributed by atoms with E-state index in [9.17, 15) is 0 Å². The Bertz CT molecular complexity index is 5030. The Morgan fingerprint density at radius 1 is 0.227 bits per heavy atom. The lowest BCUT2D eigenvalue weighted by Crippen LogP contribution is -2.28. The number of aromatic nitrogens is 2. The first kappa shape index (κ1) is 49.9. The van der Waals surface area contributed by atoms with Crippen LogP contribution in [-0.2, 0) is 10.8 Å². The lowest BCUT2D eigenvalue weighted by molar-refractivity contribution is 0.669. The second-order valence-electron chi connectivity index (χ2n) is 23.4. The topological polar surface area (TPSA) is 52.1 Å². The molecule has 0 saturated carbocycles. The Labute approximate surface area is 509 Å². The van der Waals surface area contributed by atoms with E-state index < -0.39 is 10.8 Å². The molecule has 88 heavy (non-hydrogen) atoms. The van der Waals surface area contributed by atoms with Crippen LogP contribution in [0.25, 0.3) is 122 Å². The molecule has 0 unspecified atom stereocenters. The van der Waals surface area contributed by atoms with Crippen molar-refractivity contribution in [3.8, 4) is 78.1 Å². The molecule has 410 valence electrons. The summed E-state index contributed by atoms with van der Waals surface area (Å²) in [5.41, 5.74) is 27.3. The number of hydrogen-bond acceptors (Lipinski definition) is 4. The Balaban J connectivity index is 0.764. The average molecular weight is 1120 g/mol. The monoisotopic (exact) mass is 1120 g/mol. The minimum absolute atomic E-state index is 0.569. The van der Waals surface area contributed by atoms with E-state index in [0.29, 0.717) is 0 Å². The molecule has 0 aliphatic heterocycles. The van der Waals surface area contributed by atoms with Crippen molar-refractivity contribution in [2.45, 2.75) is 10.8 Å². The van der Waals surface area contributed by atoms with E-state index >= 15 is 0 Å². The van der Waals surface area contributed by atoms with Crippen molar-refractivity contribution < 1.29 is 8.83 Å². The van der Waals surface area contributed by atoms with Crippen LogP contribution in [0.1, 0.15) is 44.5 Å². The number of hydrogen-bond donors (Lipinski definition) is 0. The Morgan fingerprint density at radius 3 is 0.909 bits per heavy atom. The van der Waals surface area contributed by atoms with Crippen molar-refractivity contribution >= 4 is 43.9 Å². The highest BCUT2D eigenvalue weighted by atomic mass is 16.3. The van der Waals surface area contributed by atoms with Gasteiger partial charge in [0.1, 0.15) is 22.3 Å². The lowest BCUT2D eigenvalue weighted by atomic mass is 9.67. The summed E-state index contributed by atoms with van der Waals surface area (Å²) in [4.78, 5) is 10.1. The predicted octanol–water partition coefficient (Wildman–Crippen LogP) is 21.3. The highest BCUT2D eigenvalue weighted by Crippen LogP contribution is 2.60. The number of nitrogens with zero attached hydrogens (tertiary/aromatic N) is 2. The molecule has 2 aliphatic rings. The minimum Gasteiger partial charge on any atom is -0.455 e. The minimum atomic E-state index is -0.569. The highest BCUT2D eigenvalue weighted by molar-refractivity contribution is 6.11. The van der Waals surface area contributed by atoms with Gasteiger partial charge in [-0.1, -0.05) is 243 Å². The fraction of sp³-hybridized carbons (Fsp3) is 0.0238. The van der Waals surface area contributed by atoms with Gasteiger partial charge in [0.05, 0.1) is 22.2 Å². The molecule has 0 amide bonds. The second kappa shape index (κ2) is 19.5. The number of fused-ring (bicyclic) bond motifs is 12. The molecule has 4 heterocycles. The van der Waals surface area contributed by atoms with Crippen LogP contribution in [-0.4, -0.2) is 9.97 Å². The summed E-state index contributed by atoms with van der Waals surface area (Å²) < 4.78 is 13.3. The summed E-state index contributed by atoms with van der Waals surface area (Å²) >= 11 is 0. The van der Waals surface area contributed by atoms with Crippen molar-refractivity contribution in [1.82, 2.24) is 9.97 Å². The van der Waals surface area contributed by atoms with Gasteiger partial charge in [-0.15, -0.1) is 0 Å². The third-order valence-corrected chi connectivity index (χ3v) is 19.0. The molecule has 0 spiro atoms. The molecular formula is C84H52N2O2. The maximum atomic E-state index is 6.65. The SMILES string of the molecule is c1ccc(C2(c3ccccc3)c3ccc(-c4ccnc(-c5cc(-c6ccc7c(c6)-c6cc(-c8cccc9c8oc8ccccc89)ccc6C7(c6ccccc6)c6ccccc6)ccn5)c4)cc3-c3cc(-c4cccc5c4oc4ccccc45)ccc32)cc1. The molecule has 2 aliphatic carbocycles. The standard InChI is InChI=1S/C84H52N2O2/c1-5-19-59(20-6-1)83(60-21-7-2-8-22-60)73-39-35-53(47-69(73)71-49-57(37-41-75(71)83)63-29-17-31-67-65-27-13-15-33-79(65)87-81(63)67)55-43-45-85-77(51-55)78-52-56(44-46-86-78)54-36-40-74-70(48-54)72-50-58(64-30-18-32-68-66-28-14-16-34-80(66)88-82(64)68)38-42-76(72)84(74,61-23-9-3-10-24-61)62-25-11-4-12-26-62/h1-52H. The molecule has 0 bridgehead atoms. The van der Waals surface area contributed by atoms with Crippen LogP contribution in [0.15, 0.2) is 325 Å². The molecule has 4 aromatic heterocycles. The molecule has 16 aromatic rings. The normalized spacial score (nSPS) is 13.4. The van der Waals surface area contributed by atoms with Gasteiger partial charge < -0.3 is 8.83 Å². The van der Waals surface area contributed by atoms with E-state index in [1.807, 2.05) is 24.5 Å². The van der Waals surface area contributed by atoms with Crippen LogP contribution < -0.4 is 0 Å². The molecule has 0 atom stereocenters. The number of rotatable bonds is 9. The number of pyridine rings is 2. The van der Waals surface area contributed by atoms with Gasteiger partial charge in [0.2, 0.25) is 0 Å². The molecule has 12 aromatic carbocycles. The molecule has 18 rings (SSSR count). The number of furan rings is 2. The van der Waals surface area contributed by atoms with Crippen LogP contribution in [0.4, 0.5) is 0 Å². The van der Waals surface area contributed by atoms with Gasteiger partial charge in [0.15, 0.2) is 0 Å². The molecular weight excluding hydrogens is 1070 g/mol. The van der Waals surface area contributed by atoms with Gasteiger partial charge in [0.25, 0.3) is 0 Å². The molecule has 0 saturated heterocycles. The third kappa shape index (κ3) is 7.33. The van der Waals surface area contributed by atoms with Crippen molar-refractivity contribution in [2.75, 3.05) is 0 Å². The highest BCUT2D eigenvalue weighted by Gasteiger charge is 2.48. The molecule has 4 heteroatoms. The van der Waals surface area contributed by atoms with Gasteiger partial charge in [-0.05, 0) is 161 Å². The summed E-state index contributed by atoms with van der Waals surface area (Å²) in [5, 5.41) is 4.47. The van der Waals surface area contributed by atoms with Crippen LogP contribution >= 0.6 is 0 Å².